The van der Waals surface area contributed by atoms with Crippen molar-refractivity contribution in [3.05, 3.63) is 77.4 Å². The van der Waals surface area contributed by atoms with Crippen molar-refractivity contribution in [2.75, 3.05) is 7.11 Å². The van der Waals surface area contributed by atoms with Gasteiger partial charge in [0.2, 0.25) is 0 Å². The van der Waals surface area contributed by atoms with Crippen molar-refractivity contribution in [2.45, 2.75) is 6.10 Å². The first-order valence-corrected chi connectivity index (χ1v) is 6.29. The van der Waals surface area contributed by atoms with Gasteiger partial charge in [0, 0.05) is 6.08 Å². The van der Waals surface area contributed by atoms with Gasteiger partial charge in [-0.3, -0.25) is 0 Å². The molecule has 0 aliphatic heterocycles. The van der Waals surface area contributed by atoms with Crippen molar-refractivity contribution in [2.24, 2.45) is 0 Å². The van der Waals surface area contributed by atoms with Crippen LogP contribution in [0.25, 0.3) is 6.08 Å². The van der Waals surface area contributed by atoms with Gasteiger partial charge in [0.05, 0.1) is 7.11 Å². The Morgan fingerprint density at radius 2 is 1.65 bits per heavy atom. The highest BCUT2D eigenvalue weighted by Gasteiger charge is 2.08. The highest BCUT2D eigenvalue weighted by atomic mass is 16.5. The number of hydrogen-bond donors (Lipinski definition) is 1. The molecular formula is C17H16O3. The molecule has 20 heavy (non-hydrogen) atoms. The summed E-state index contributed by atoms with van der Waals surface area (Å²) in [4.78, 5) is 11.0. The SMILES string of the molecule is COC(=O)C=Cc1ccc(C(O)c2ccccc2)cc1. The molecule has 0 fully saturated rings. The van der Waals surface area contributed by atoms with E-state index >= 15 is 0 Å². The Labute approximate surface area is 118 Å². The minimum Gasteiger partial charge on any atom is -0.466 e. The van der Waals surface area contributed by atoms with Gasteiger partial charge in [-0.2, -0.15) is 0 Å². The van der Waals surface area contributed by atoms with Gasteiger partial charge in [-0.05, 0) is 22.8 Å². The van der Waals surface area contributed by atoms with Gasteiger partial charge in [0.25, 0.3) is 0 Å². The van der Waals surface area contributed by atoms with Crippen LogP contribution in [0.1, 0.15) is 22.8 Å². The number of aliphatic hydroxyl groups excluding tert-OH is 1. The Morgan fingerprint density at radius 3 is 2.25 bits per heavy atom. The first-order chi connectivity index (χ1) is 9.70. The molecule has 0 heterocycles. The van der Waals surface area contributed by atoms with Crippen LogP contribution in [-0.2, 0) is 9.53 Å². The van der Waals surface area contributed by atoms with Crippen LogP contribution < -0.4 is 0 Å². The maximum atomic E-state index is 11.0. The van der Waals surface area contributed by atoms with Crippen LogP contribution in [0.15, 0.2) is 60.7 Å². The zero-order chi connectivity index (χ0) is 14.4. The van der Waals surface area contributed by atoms with Gasteiger partial charge in [-0.25, -0.2) is 4.79 Å². The minimum absolute atomic E-state index is 0.390. The third-order valence-corrected chi connectivity index (χ3v) is 2.98. The summed E-state index contributed by atoms with van der Waals surface area (Å²) in [6.07, 6.45) is 2.39. The van der Waals surface area contributed by atoms with Gasteiger partial charge in [-0.1, -0.05) is 54.6 Å². The highest BCUT2D eigenvalue weighted by molar-refractivity contribution is 5.86. The van der Waals surface area contributed by atoms with E-state index < -0.39 is 12.1 Å². The molecule has 0 radical (unpaired) electrons. The van der Waals surface area contributed by atoms with Crippen LogP contribution in [0.3, 0.4) is 0 Å². The van der Waals surface area contributed by atoms with Crippen molar-refractivity contribution in [1.29, 1.82) is 0 Å². The second-order valence-corrected chi connectivity index (χ2v) is 4.34. The quantitative estimate of drug-likeness (QED) is 0.685. The zero-order valence-electron chi connectivity index (χ0n) is 11.2. The molecule has 0 amide bonds. The third kappa shape index (κ3) is 3.56. The maximum Gasteiger partial charge on any atom is 0.330 e. The van der Waals surface area contributed by atoms with Gasteiger partial charge in [-0.15, -0.1) is 0 Å². The van der Waals surface area contributed by atoms with E-state index in [1.807, 2.05) is 54.6 Å². The van der Waals surface area contributed by atoms with Gasteiger partial charge in [0.1, 0.15) is 6.10 Å². The topological polar surface area (TPSA) is 46.5 Å². The van der Waals surface area contributed by atoms with Crippen LogP contribution in [0.5, 0.6) is 0 Å². The fraction of sp³-hybridized carbons (Fsp3) is 0.118. The fourth-order valence-electron chi connectivity index (χ4n) is 1.85. The van der Waals surface area contributed by atoms with E-state index in [1.165, 1.54) is 13.2 Å². The second-order valence-electron chi connectivity index (χ2n) is 4.34. The molecule has 1 N–H and O–H groups in total. The summed E-state index contributed by atoms with van der Waals surface area (Å²) < 4.78 is 4.53. The maximum absolute atomic E-state index is 11.0. The lowest BCUT2D eigenvalue weighted by Gasteiger charge is -2.11. The van der Waals surface area contributed by atoms with E-state index in [1.54, 1.807) is 6.08 Å². The van der Waals surface area contributed by atoms with Gasteiger partial charge < -0.3 is 9.84 Å². The predicted molar refractivity (Wildman–Crippen MR) is 78.0 cm³/mol. The molecule has 0 saturated carbocycles. The Bertz CT molecular complexity index is 585. The number of carbonyl (C=O) groups is 1. The number of ether oxygens (including phenoxy) is 1. The van der Waals surface area contributed by atoms with E-state index in [2.05, 4.69) is 4.74 Å². The first kappa shape index (κ1) is 14.0. The lowest BCUT2D eigenvalue weighted by molar-refractivity contribution is -0.134. The Hall–Kier alpha value is -2.39. The summed E-state index contributed by atoms with van der Waals surface area (Å²) in [5.74, 6) is -0.390. The Morgan fingerprint density at radius 1 is 1.05 bits per heavy atom. The highest BCUT2D eigenvalue weighted by Crippen LogP contribution is 2.22. The number of carbonyl (C=O) groups excluding carboxylic acids is 1. The summed E-state index contributed by atoms with van der Waals surface area (Å²) >= 11 is 0. The number of methoxy groups -OCH3 is 1. The molecule has 1 atom stereocenters. The number of esters is 1. The van der Waals surface area contributed by atoms with Gasteiger partial charge >= 0.3 is 5.97 Å². The summed E-state index contributed by atoms with van der Waals surface area (Å²) in [5, 5.41) is 10.2. The molecule has 0 aliphatic rings. The van der Waals surface area contributed by atoms with Crippen molar-refractivity contribution in [1.82, 2.24) is 0 Å². The summed E-state index contributed by atoms with van der Waals surface area (Å²) in [6, 6.07) is 16.9. The van der Waals surface area contributed by atoms with Crippen LogP contribution in [0.4, 0.5) is 0 Å². The lowest BCUT2D eigenvalue weighted by atomic mass is 10.0. The molecule has 2 aromatic carbocycles. The number of hydrogen-bond acceptors (Lipinski definition) is 3. The molecule has 0 aromatic heterocycles. The minimum atomic E-state index is -0.644. The Balaban J connectivity index is 2.12. The molecule has 2 rings (SSSR count). The summed E-state index contributed by atoms with van der Waals surface area (Å²) in [7, 11) is 1.34. The van der Waals surface area contributed by atoms with Crippen LogP contribution in [0.2, 0.25) is 0 Å². The zero-order valence-corrected chi connectivity index (χ0v) is 11.2. The molecule has 102 valence electrons. The standard InChI is InChI=1S/C17H16O3/c1-20-16(18)12-9-13-7-10-15(11-8-13)17(19)14-5-3-2-4-6-14/h2-12,17,19H,1H3. The predicted octanol–water partition coefficient (Wildman–Crippen LogP) is 2.95. The van der Waals surface area contributed by atoms with Gasteiger partial charge in [0.15, 0.2) is 0 Å². The molecule has 1 unspecified atom stereocenters. The molecule has 0 spiro atoms. The fourth-order valence-corrected chi connectivity index (χ4v) is 1.85. The van der Waals surface area contributed by atoms with E-state index in [0.29, 0.717) is 0 Å². The number of benzene rings is 2. The largest absolute Gasteiger partial charge is 0.466 e. The smallest absolute Gasteiger partial charge is 0.330 e. The molecule has 0 aliphatic carbocycles. The molecule has 3 nitrogen and oxygen atoms in total. The van der Waals surface area contributed by atoms with E-state index in [-0.39, 0.29) is 0 Å². The first-order valence-electron chi connectivity index (χ1n) is 6.29. The average Bonchev–Trinajstić information content (AvgIpc) is 2.53. The summed E-state index contributed by atoms with van der Waals surface area (Å²) in [6.45, 7) is 0. The van der Waals surface area contributed by atoms with Crippen LogP contribution in [-0.4, -0.2) is 18.2 Å². The van der Waals surface area contributed by atoms with E-state index in [4.69, 9.17) is 0 Å². The van der Waals surface area contributed by atoms with E-state index in [9.17, 15) is 9.90 Å². The van der Waals surface area contributed by atoms with Crippen molar-refractivity contribution in [3.63, 3.8) is 0 Å². The van der Waals surface area contributed by atoms with Crippen molar-refractivity contribution >= 4 is 12.0 Å². The van der Waals surface area contributed by atoms with E-state index in [0.717, 1.165) is 16.7 Å². The summed E-state index contributed by atoms with van der Waals surface area (Å²) in [5.41, 5.74) is 2.54. The molecule has 3 heteroatoms. The molecule has 0 bridgehead atoms. The van der Waals surface area contributed by atoms with Crippen LogP contribution >= 0.6 is 0 Å². The average molecular weight is 268 g/mol. The molecular weight excluding hydrogens is 252 g/mol. The number of rotatable bonds is 4. The third-order valence-electron chi connectivity index (χ3n) is 2.98. The van der Waals surface area contributed by atoms with Crippen molar-refractivity contribution in [3.8, 4) is 0 Å². The molecule has 2 aromatic rings. The Kier molecular flexibility index (Phi) is 4.69. The molecule has 0 saturated heterocycles. The lowest BCUT2D eigenvalue weighted by Crippen LogP contribution is -1.99. The normalized spacial score (nSPS) is 12.3. The monoisotopic (exact) mass is 268 g/mol. The van der Waals surface area contributed by atoms with Crippen LogP contribution in [0, 0.1) is 0 Å². The number of aliphatic hydroxyl groups is 1. The van der Waals surface area contributed by atoms with Crippen molar-refractivity contribution < 1.29 is 14.6 Å². The second kappa shape index (κ2) is 6.68.